The molecule has 0 saturated carbocycles. The summed E-state index contributed by atoms with van der Waals surface area (Å²) in [4.78, 5) is 2.36. The van der Waals surface area contributed by atoms with Gasteiger partial charge in [-0.25, -0.2) is 0 Å². The standard InChI is InChI=1S/C14H24N2O/c1-11-3-4-12(10-15)9-14(11)17-13-5-7-16(2)8-6-13/h4,9,11,13H,3,5-8,10,15H2,1-2H3. The van der Waals surface area contributed by atoms with Gasteiger partial charge in [-0.3, -0.25) is 0 Å². The summed E-state index contributed by atoms with van der Waals surface area (Å²) < 4.78 is 6.16. The highest BCUT2D eigenvalue weighted by molar-refractivity contribution is 5.27. The van der Waals surface area contributed by atoms with E-state index in [0.29, 0.717) is 18.6 Å². The normalized spacial score (nSPS) is 27.6. The van der Waals surface area contributed by atoms with Crippen LogP contribution in [-0.2, 0) is 4.74 Å². The Hall–Kier alpha value is -0.800. The zero-order valence-electron chi connectivity index (χ0n) is 11.0. The summed E-state index contributed by atoms with van der Waals surface area (Å²) >= 11 is 0. The molecule has 2 aliphatic rings. The predicted octanol–water partition coefficient (Wildman–Crippen LogP) is 1.91. The van der Waals surface area contributed by atoms with Crippen LogP contribution < -0.4 is 5.73 Å². The Kier molecular flexibility index (Phi) is 4.24. The Labute approximate surface area is 104 Å². The van der Waals surface area contributed by atoms with E-state index < -0.39 is 0 Å². The lowest BCUT2D eigenvalue weighted by Crippen LogP contribution is -2.34. The van der Waals surface area contributed by atoms with Gasteiger partial charge in [-0.15, -0.1) is 0 Å². The first kappa shape index (κ1) is 12.7. The van der Waals surface area contributed by atoms with Crippen molar-refractivity contribution >= 4 is 0 Å². The monoisotopic (exact) mass is 236 g/mol. The summed E-state index contributed by atoms with van der Waals surface area (Å²) in [7, 11) is 2.17. The number of nitrogens with two attached hydrogens (primary N) is 1. The minimum atomic E-state index is 0.400. The molecule has 1 saturated heterocycles. The van der Waals surface area contributed by atoms with Gasteiger partial charge >= 0.3 is 0 Å². The molecule has 1 fully saturated rings. The Balaban J connectivity index is 1.93. The Morgan fingerprint density at radius 3 is 2.76 bits per heavy atom. The highest BCUT2D eigenvalue weighted by Crippen LogP contribution is 2.27. The number of piperidine rings is 1. The highest BCUT2D eigenvalue weighted by Gasteiger charge is 2.22. The Bertz CT molecular complexity index is 314. The van der Waals surface area contributed by atoms with Crippen molar-refractivity contribution in [3.8, 4) is 0 Å². The number of rotatable bonds is 3. The van der Waals surface area contributed by atoms with Gasteiger partial charge in [0.15, 0.2) is 0 Å². The van der Waals surface area contributed by atoms with Crippen LogP contribution in [0.15, 0.2) is 23.5 Å². The fourth-order valence-electron chi connectivity index (χ4n) is 2.42. The van der Waals surface area contributed by atoms with Crippen molar-refractivity contribution in [1.82, 2.24) is 4.90 Å². The number of hydrogen-bond donors (Lipinski definition) is 1. The van der Waals surface area contributed by atoms with E-state index >= 15 is 0 Å². The average Bonchev–Trinajstić information content (AvgIpc) is 2.35. The van der Waals surface area contributed by atoms with Crippen molar-refractivity contribution < 1.29 is 4.74 Å². The van der Waals surface area contributed by atoms with E-state index in [0.717, 1.165) is 38.1 Å². The minimum Gasteiger partial charge on any atom is -0.494 e. The number of nitrogens with zero attached hydrogens (tertiary/aromatic N) is 1. The van der Waals surface area contributed by atoms with Crippen LogP contribution in [0.25, 0.3) is 0 Å². The van der Waals surface area contributed by atoms with E-state index in [1.807, 2.05) is 0 Å². The van der Waals surface area contributed by atoms with Crippen molar-refractivity contribution in [2.24, 2.45) is 11.7 Å². The summed E-state index contributed by atoms with van der Waals surface area (Å²) in [5.41, 5.74) is 6.90. The second-order valence-electron chi connectivity index (χ2n) is 5.29. The molecule has 3 nitrogen and oxygen atoms in total. The van der Waals surface area contributed by atoms with Crippen LogP contribution in [0.1, 0.15) is 26.2 Å². The fraction of sp³-hybridized carbons (Fsp3) is 0.714. The van der Waals surface area contributed by atoms with E-state index in [-0.39, 0.29) is 0 Å². The molecule has 96 valence electrons. The zero-order valence-corrected chi connectivity index (χ0v) is 11.0. The molecule has 1 unspecified atom stereocenters. The maximum absolute atomic E-state index is 6.16. The van der Waals surface area contributed by atoms with E-state index in [4.69, 9.17) is 10.5 Å². The van der Waals surface area contributed by atoms with Crippen molar-refractivity contribution in [2.45, 2.75) is 32.3 Å². The van der Waals surface area contributed by atoms with Gasteiger partial charge in [0.1, 0.15) is 6.10 Å². The maximum atomic E-state index is 6.16. The van der Waals surface area contributed by atoms with E-state index in [2.05, 4.69) is 31.0 Å². The first-order chi connectivity index (χ1) is 8.19. The second-order valence-corrected chi connectivity index (χ2v) is 5.29. The molecule has 3 heteroatoms. The molecule has 0 aromatic rings. The molecule has 0 aromatic heterocycles. The largest absolute Gasteiger partial charge is 0.494 e. The number of allylic oxidation sites excluding steroid dienone is 2. The van der Waals surface area contributed by atoms with Crippen LogP contribution in [0.2, 0.25) is 0 Å². The van der Waals surface area contributed by atoms with Crippen molar-refractivity contribution in [2.75, 3.05) is 26.7 Å². The topological polar surface area (TPSA) is 38.5 Å². The first-order valence-electron chi connectivity index (χ1n) is 6.65. The molecule has 1 heterocycles. The molecule has 0 radical (unpaired) electrons. The lowest BCUT2D eigenvalue weighted by Gasteiger charge is -2.32. The smallest absolute Gasteiger partial charge is 0.101 e. The lowest BCUT2D eigenvalue weighted by atomic mass is 9.96. The van der Waals surface area contributed by atoms with Gasteiger partial charge in [0.2, 0.25) is 0 Å². The molecule has 0 amide bonds. The van der Waals surface area contributed by atoms with Gasteiger partial charge in [0.05, 0.1) is 5.76 Å². The Morgan fingerprint density at radius 2 is 2.12 bits per heavy atom. The van der Waals surface area contributed by atoms with Crippen LogP contribution in [0, 0.1) is 5.92 Å². The molecular formula is C14H24N2O. The van der Waals surface area contributed by atoms with Crippen LogP contribution in [-0.4, -0.2) is 37.7 Å². The molecule has 17 heavy (non-hydrogen) atoms. The molecular weight excluding hydrogens is 212 g/mol. The maximum Gasteiger partial charge on any atom is 0.101 e. The van der Waals surface area contributed by atoms with Crippen molar-refractivity contribution in [3.05, 3.63) is 23.5 Å². The van der Waals surface area contributed by atoms with Crippen LogP contribution in [0.3, 0.4) is 0 Å². The summed E-state index contributed by atoms with van der Waals surface area (Å²) in [6.07, 6.45) is 8.12. The number of likely N-dealkylation sites (tertiary alicyclic amines) is 1. The quantitative estimate of drug-likeness (QED) is 0.813. The summed E-state index contributed by atoms with van der Waals surface area (Å²) in [5, 5.41) is 0. The molecule has 0 spiro atoms. The van der Waals surface area contributed by atoms with Crippen molar-refractivity contribution in [1.29, 1.82) is 0 Å². The molecule has 2 rings (SSSR count). The second kappa shape index (κ2) is 5.69. The third kappa shape index (κ3) is 3.33. The minimum absolute atomic E-state index is 0.400. The van der Waals surface area contributed by atoms with E-state index in [9.17, 15) is 0 Å². The molecule has 1 atom stereocenters. The van der Waals surface area contributed by atoms with E-state index in [1.165, 1.54) is 5.57 Å². The number of hydrogen-bond acceptors (Lipinski definition) is 3. The summed E-state index contributed by atoms with van der Waals surface area (Å²) in [6, 6.07) is 0. The van der Waals surface area contributed by atoms with Crippen LogP contribution in [0.5, 0.6) is 0 Å². The lowest BCUT2D eigenvalue weighted by molar-refractivity contribution is 0.0443. The molecule has 0 bridgehead atoms. The average molecular weight is 236 g/mol. The Morgan fingerprint density at radius 1 is 1.41 bits per heavy atom. The fourth-order valence-corrected chi connectivity index (χ4v) is 2.42. The van der Waals surface area contributed by atoms with Gasteiger partial charge < -0.3 is 15.4 Å². The predicted molar refractivity (Wildman–Crippen MR) is 70.6 cm³/mol. The van der Waals surface area contributed by atoms with E-state index in [1.54, 1.807) is 0 Å². The highest BCUT2D eigenvalue weighted by atomic mass is 16.5. The van der Waals surface area contributed by atoms with Gasteiger partial charge in [0.25, 0.3) is 0 Å². The van der Waals surface area contributed by atoms with Gasteiger partial charge in [-0.2, -0.15) is 0 Å². The molecule has 1 aliphatic carbocycles. The third-order valence-electron chi connectivity index (χ3n) is 3.75. The van der Waals surface area contributed by atoms with Crippen molar-refractivity contribution in [3.63, 3.8) is 0 Å². The van der Waals surface area contributed by atoms with Crippen LogP contribution in [0.4, 0.5) is 0 Å². The van der Waals surface area contributed by atoms with Gasteiger partial charge in [-0.05, 0) is 38.0 Å². The zero-order chi connectivity index (χ0) is 12.3. The SMILES string of the molecule is CC1CC=C(CN)C=C1OC1CCN(C)CC1. The number of ether oxygens (including phenoxy) is 1. The summed E-state index contributed by atoms with van der Waals surface area (Å²) in [5.74, 6) is 1.65. The molecule has 1 aliphatic heterocycles. The summed E-state index contributed by atoms with van der Waals surface area (Å²) in [6.45, 7) is 5.13. The first-order valence-corrected chi connectivity index (χ1v) is 6.65. The molecule has 2 N–H and O–H groups in total. The molecule has 0 aromatic carbocycles. The van der Waals surface area contributed by atoms with Gasteiger partial charge in [-0.1, -0.05) is 13.0 Å². The van der Waals surface area contributed by atoms with Crippen LogP contribution >= 0.6 is 0 Å². The third-order valence-corrected chi connectivity index (χ3v) is 3.75. The van der Waals surface area contributed by atoms with Gasteiger partial charge in [0, 0.05) is 25.6 Å².